The second-order valence-electron chi connectivity index (χ2n) is 17.4. The predicted octanol–water partition coefficient (Wildman–Crippen LogP) is 17.8. The summed E-state index contributed by atoms with van der Waals surface area (Å²) in [5, 5.41) is 7.66. The van der Waals surface area contributed by atoms with E-state index in [9.17, 15) is 0 Å². The fraction of sp³-hybridized carbons (Fsp3) is 0.0312. The lowest BCUT2D eigenvalue weighted by Crippen LogP contribution is -2.02. The van der Waals surface area contributed by atoms with Gasteiger partial charge in [0.15, 0.2) is 0 Å². The number of benzene rings is 10. The third-order valence-corrected chi connectivity index (χ3v) is 13.2. The van der Waals surface area contributed by atoms with E-state index in [-0.39, 0.29) is 0 Å². The maximum atomic E-state index is 3.90. The fourth-order valence-electron chi connectivity index (χ4n) is 9.86. The molecular formula is C64H46N2. The molecule has 0 saturated heterocycles. The first-order valence-electron chi connectivity index (χ1n) is 22.9. The molecule has 10 aromatic rings. The maximum Gasteiger partial charge on any atom is 0.0470 e. The van der Waals surface area contributed by atoms with E-state index >= 15 is 0 Å². The van der Waals surface area contributed by atoms with E-state index in [1.54, 1.807) is 0 Å². The van der Waals surface area contributed by atoms with Crippen molar-refractivity contribution in [2.24, 2.45) is 0 Å². The number of hydrogen-bond acceptors (Lipinski definition) is 2. The van der Waals surface area contributed by atoms with Gasteiger partial charge in [0, 0.05) is 39.4 Å². The number of rotatable bonds is 7. The van der Waals surface area contributed by atoms with Crippen LogP contribution in [0.5, 0.6) is 0 Å². The Bertz CT molecular complexity index is 3450. The number of allylic oxidation sites excluding steroid dienone is 1. The summed E-state index contributed by atoms with van der Waals surface area (Å²) in [6.45, 7) is 0. The molecule has 66 heavy (non-hydrogen) atoms. The molecule has 0 saturated carbocycles. The molecule has 0 spiro atoms. The lowest BCUT2D eigenvalue weighted by molar-refractivity contribution is 0.986. The van der Waals surface area contributed by atoms with Gasteiger partial charge in [-0.2, -0.15) is 0 Å². The molecular weight excluding hydrogens is 797 g/mol. The Morgan fingerprint density at radius 2 is 0.848 bits per heavy atom. The highest BCUT2D eigenvalue weighted by atomic mass is 14.9. The molecule has 2 N–H and O–H groups in total. The van der Waals surface area contributed by atoms with E-state index in [4.69, 9.17) is 0 Å². The van der Waals surface area contributed by atoms with Crippen molar-refractivity contribution in [1.29, 1.82) is 0 Å². The van der Waals surface area contributed by atoms with Gasteiger partial charge in [-0.25, -0.2) is 0 Å². The molecule has 12 rings (SSSR count). The van der Waals surface area contributed by atoms with Gasteiger partial charge in [-0.3, -0.25) is 0 Å². The molecule has 2 heteroatoms. The average Bonchev–Trinajstić information content (AvgIpc) is 3.39. The minimum Gasteiger partial charge on any atom is -0.355 e. The van der Waals surface area contributed by atoms with Gasteiger partial charge < -0.3 is 10.6 Å². The molecule has 10 aromatic carbocycles. The van der Waals surface area contributed by atoms with Crippen molar-refractivity contribution in [1.82, 2.24) is 0 Å². The van der Waals surface area contributed by atoms with Gasteiger partial charge in [0.2, 0.25) is 0 Å². The summed E-state index contributed by atoms with van der Waals surface area (Å²) in [6.07, 6.45) is 6.71. The van der Waals surface area contributed by atoms with Crippen molar-refractivity contribution < 1.29 is 0 Å². The smallest absolute Gasteiger partial charge is 0.0470 e. The number of aryl methyl sites for hydroxylation is 1. The SMILES string of the molecule is C1=Cc2cc3c(cc2CC1)-c1ccccc1-c1cc(-c2ccc(-c4cccc(-c5ccccc5Nc5cccc(-c6ccc(-c7ccccc7)cc6)c5)c4)cc2)cc(c1)-c1ccccc1N3. The van der Waals surface area contributed by atoms with Crippen LogP contribution in [0.4, 0.5) is 22.7 Å². The molecule has 1 heterocycles. The van der Waals surface area contributed by atoms with Crippen LogP contribution in [0.25, 0.3) is 95.1 Å². The lowest BCUT2D eigenvalue weighted by atomic mass is 9.85. The van der Waals surface area contributed by atoms with E-state index < -0.39 is 0 Å². The van der Waals surface area contributed by atoms with E-state index in [2.05, 4.69) is 253 Å². The molecule has 0 aromatic heterocycles. The Morgan fingerprint density at radius 1 is 0.318 bits per heavy atom. The van der Waals surface area contributed by atoms with Crippen LogP contribution in [0.3, 0.4) is 0 Å². The first-order valence-corrected chi connectivity index (χ1v) is 22.9. The molecule has 2 bridgehead atoms. The molecule has 2 nitrogen and oxygen atoms in total. The maximum absolute atomic E-state index is 3.90. The van der Waals surface area contributed by atoms with Gasteiger partial charge >= 0.3 is 0 Å². The van der Waals surface area contributed by atoms with Crippen molar-refractivity contribution >= 4 is 28.8 Å². The third kappa shape index (κ3) is 7.59. The monoisotopic (exact) mass is 842 g/mol. The van der Waals surface area contributed by atoms with Gasteiger partial charge in [-0.05, 0) is 157 Å². The Labute approximate surface area is 387 Å². The Morgan fingerprint density at radius 3 is 1.62 bits per heavy atom. The minimum atomic E-state index is 1.05. The molecule has 0 atom stereocenters. The van der Waals surface area contributed by atoms with Crippen LogP contribution in [-0.4, -0.2) is 0 Å². The zero-order valence-electron chi connectivity index (χ0n) is 36.5. The lowest BCUT2D eigenvalue weighted by Gasteiger charge is -2.23. The van der Waals surface area contributed by atoms with Crippen molar-refractivity contribution in [3.05, 3.63) is 248 Å². The van der Waals surface area contributed by atoms with Gasteiger partial charge in [0.05, 0.1) is 0 Å². The highest BCUT2D eigenvalue weighted by molar-refractivity contribution is 5.97. The van der Waals surface area contributed by atoms with Crippen LogP contribution in [0.1, 0.15) is 17.5 Å². The van der Waals surface area contributed by atoms with Crippen molar-refractivity contribution in [3.63, 3.8) is 0 Å². The van der Waals surface area contributed by atoms with E-state index in [1.165, 1.54) is 89.0 Å². The molecule has 1 aliphatic heterocycles. The highest BCUT2D eigenvalue weighted by Gasteiger charge is 2.20. The summed E-state index contributed by atoms with van der Waals surface area (Å²) in [5.41, 5.74) is 26.2. The van der Waals surface area contributed by atoms with Crippen LogP contribution in [0, 0.1) is 0 Å². The normalized spacial score (nSPS) is 12.2. The van der Waals surface area contributed by atoms with Crippen LogP contribution >= 0.6 is 0 Å². The summed E-state index contributed by atoms with van der Waals surface area (Å²) in [4.78, 5) is 0. The molecule has 312 valence electrons. The van der Waals surface area contributed by atoms with Crippen molar-refractivity contribution in [3.8, 4) is 89.0 Å². The molecule has 0 radical (unpaired) electrons. The summed E-state index contributed by atoms with van der Waals surface area (Å²) >= 11 is 0. The minimum absolute atomic E-state index is 1.05. The fourth-order valence-corrected chi connectivity index (χ4v) is 9.86. The summed E-state index contributed by atoms with van der Waals surface area (Å²) in [5.74, 6) is 0. The zero-order valence-corrected chi connectivity index (χ0v) is 36.5. The second kappa shape index (κ2) is 16.9. The number of hydrogen-bond donors (Lipinski definition) is 2. The number of nitrogens with one attached hydrogen (secondary N) is 2. The molecule has 0 amide bonds. The third-order valence-electron chi connectivity index (χ3n) is 13.2. The average molecular weight is 843 g/mol. The van der Waals surface area contributed by atoms with Crippen molar-refractivity contribution in [2.45, 2.75) is 12.8 Å². The van der Waals surface area contributed by atoms with Crippen molar-refractivity contribution in [2.75, 3.05) is 10.6 Å². The Hall–Kier alpha value is -8.46. The number of para-hydroxylation sites is 2. The summed E-state index contributed by atoms with van der Waals surface area (Å²) in [6, 6.07) is 84.1. The predicted molar refractivity (Wildman–Crippen MR) is 280 cm³/mol. The zero-order chi connectivity index (χ0) is 43.8. The highest BCUT2D eigenvalue weighted by Crippen LogP contribution is 2.45. The Balaban J connectivity index is 0.850. The second-order valence-corrected chi connectivity index (χ2v) is 17.4. The Kier molecular flexibility index (Phi) is 10.0. The number of fused-ring (bicyclic) bond motifs is 9. The molecule has 2 aliphatic rings. The van der Waals surface area contributed by atoms with Gasteiger partial charge in [-0.1, -0.05) is 182 Å². The van der Waals surface area contributed by atoms with Crippen LogP contribution < -0.4 is 10.6 Å². The first-order chi connectivity index (χ1) is 32.7. The molecule has 1 aliphatic carbocycles. The van der Waals surface area contributed by atoms with Crippen LogP contribution in [0.2, 0.25) is 0 Å². The van der Waals surface area contributed by atoms with E-state index in [0.29, 0.717) is 0 Å². The molecule has 0 fully saturated rings. The van der Waals surface area contributed by atoms with Crippen LogP contribution in [0.15, 0.2) is 237 Å². The first kappa shape index (κ1) is 39.2. The topological polar surface area (TPSA) is 24.1 Å². The van der Waals surface area contributed by atoms with Gasteiger partial charge in [-0.15, -0.1) is 0 Å². The van der Waals surface area contributed by atoms with Crippen LogP contribution in [-0.2, 0) is 6.42 Å². The van der Waals surface area contributed by atoms with E-state index in [1.807, 2.05) is 0 Å². The standard InChI is InChI=1S/C64H46N2/c1-2-14-43(15-3-1)44-28-30-46(31-29-44)49-19-13-21-56(40-49)65-62-26-10-8-23-58(62)52-20-12-18-48(36-52)45-32-34-47(35-33-45)53-37-54-39-55(38-53)59-24-9-11-27-63(59)66-64-42-51-17-5-4-16-50(51)41-61(64)60-25-7-6-22-57(54)60/h1-3,5-15,17-42,65-66H,4,16H2. The van der Waals surface area contributed by atoms with Gasteiger partial charge in [0.25, 0.3) is 0 Å². The molecule has 0 unspecified atom stereocenters. The summed E-state index contributed by atoms with van der Waals surface area (Å²) in [7, 11) is 0. The van der Waals surface area contributed by atoms with E-state index in [0.717, 1.165) is 46.7 Å². The quantitative estimate of drug-likeness (QED) is 0.167. The summed E-state index contributed by atoms with van der Waals surface area (Å²) < 4.78 is 0. The van der Waals surface area contributed by atoms with Gasteiger partial charge in [0.1, 0.15) is 0 Å². The number of anilines is 4. The largest absolute Gasteiger partial charge is 0.355 e.